The Morgan fingerprint density at radius 2 is 2.23 bits per heavy atom. The Balaban J connectivity index is 2.56. The van der Waals surface area contributed by atoms with E-state index in [1.54, 1.807) is 6.07 Å². The molecule has 0 atom stereocenters. The van der Waals surface area contributed by atoms with Gasteiger partial charge in [0, 0.05) is 18.8 Å². The highest BCUT2D eigenvalue weighted by Crippen LogP contribution is 2.12. The molecule has 0 aliphatic heterocycles. The first-order valence-corrected chi connectivity index (χ1v) is 4.09. The number of halogens is 1. The van der Waals surface area contributed by atoms with Crippen molar-refractivity contribution in [2.45, 2.75) is 6.54 Å². The van der Waals surface area contributed by atoms with Crippen LogP contribution < -0.4 is 11.1 Å². The zero-order valence-corrected chi connectivity index (χ0v) is 7.26. The highest BCUT2D eigenvalue weighted by molar-refractivity contribution is 5.46. The van der Waals surface area contributed by atoms with E-state index in [-0.39, 0.29) is 12.4 Å². The smallest absolute Gasteiger partial charge is 0.125 e. The van der Waals surface area contributed by atoms with E-state index in [9.17, 15) is 4.39 Å². The molecule has 0 heterocycles. The number of anilines is 1. The largest absolute Gasteiger partial charge is 0.398 e. The SMILES string of the molecule is Nc1cc(F)ccc1CNCCO. The summed E-state index contributed by atoms with van der Waals surface area (Å²) in [7, 11) is 0. The number of rotatable bonds is 4. The first kappa shape index (κ1) is 9.95. The van der Waals surface area contributed by atoms with Crippen LogP contribution in [0, 0.1) is 5.82 Å². The number of hydrogen-bond acceptors (Lipinski definition) is 3. The number of aliphatic hydroxyl groups is 1. The topological polar surface area (TPSA) is 58.3 Å². The number of nitrogens with two attached hydrogens (primary N) is 1. The van der Waals surface area contributed by atoms with Crippen LogP contribution in [0.5, 0.6) is 0 Å². The maximum Gasteiger partial charge on any atom is 0.125 e. The van der Waals surface area contributed by atoms with Crippen LogP contribution in [0.3, 0.4) is 0 Å². The Labute approximate surface area is 76.4 Å². The Bertz CT molecular complexity index is 278. The first-order chi connectivity index (χ1) is 6.24. The average molecular weight is 184 g/mol. The molecule has 0 amide bonds. The minimum Gasteiger partial charge on any atom is -0.398 e. The molecule has 0 radical (unpaired) electrons. The van der Waals surface area contributed by atoms with Crippen LogP contribution >= 0.6 is 0 Å². The van der Waals surface area contributed by atoms with Gasteiger partial charge in [-0.2, -0.15) is 0 Å². The fourth-order valence-electron chi connectivity index (χ4n) is 1.03. The van der Waals surface area contributed by atoms with Crippen molar-refractivity contribution in [3.05, 3.63) is 29.6 Å². The number of hydrogen-bond donors (Lipinski definition) is 3. The summed E-state index contributed by atoms with van der Waals surface area (Å²) in [5.41, 5.74) is 6.84. The van der Waals surface area contributed by atoms with Crippen molar-refractivity contribution in [1.82, 2.24) is 5.32 Å². The fraction of sp³-hybridized carbons (Fsp3) is 0.333. The summed E-state index contributed by atoms with van der Waals surface area (Å²) in [6.45, 7) is 1.14. The standard InChI is InChI=1S/C9H13FN2O/c10-8-2-1-7(9(11)5-8)6-12-3-4-13/h1-2,5,12-13H,3-4,6,11H2. The third-order valence-corrected chi connectivity index (χ3v) is 1.71. The lowest BCUT2D eigenvalue weighted by Gasteiger charge is -2.06. The molecule has 0 fully saturated rings. The van der Waals surface area contributed by atoms with E-state index in [1.807, 2.05) is 0 Å². The molecule has 1 aromatic rings. The Kier molecular flexibility index (Phi) is 3.67. The Hall–Kier alpha value is -1.13. The van der Waals surface area contributed by atoms with Crippen LogP contribution in [0.2, 0.25) is 0 Å². The monoisotopic (exact) mass is 184 g/mol. The number of aliphatic hydroxyl groups excluding tert-OH is 1. The molecule has 0 aromatic heterocycles. The van der Waals surface area contributed by atoms with Crippen molar-refractivity contribution in [2.24, 2.45) is 0 Å². The van der Waals surface area contributed by atoms with E-state index in [0.29, 0.717) is 18.8 Å². The average Bonchev–Trinajstić information content (AvgIpc) is 2.09. The summed E-state index contributed by atoms with van der Waals surface area (Å²) in [4.78, 5) is 0. The molecule has 0 spiro atoms. The van der Waals surface area contributed by atoms with Crippen molar-refractivity contribution in [3.63, 3.8) is 0 Å². The fourth-order valence-corrected chi connectivity index (χ4v) is 1.03. The second-order valence-corrected chi connectivity index (χ2v) is 2.74. The van der Waals surface area contributed by atoms with Gasteiger partial charge in [0.2, 0.25) is 0 Å². The lowest BCUT2D eigenvalue weighted by Crippen LogP contribution is -2.18. The summed E-state index contributed by atoms with van der Waals surface area (Å²) < 4.78 is 12.6. The molecule has 0 saturated carbocycles. The van der Waals surface area contributed by atoms with Gasteiger partial charge in [-0.05, 0) is 17.7 Å². The highest BCUT2D eigenvalue weighted by Gasteiger charge is 1.99. The van der Waals surface area contributed by atoms with Crippen LogP contribution in [0.1, 0.15) is 5.56 Å². The molecule has 0 unspecified atom stereocenters. The van der Waals surface area contributed by atoms with Gasteiger partial charge in [-0.15, -0.1) is 0 Å². The molecule has 4 heteroatoms. The van der Waals surface area contributed by atoms with E-state index < -0.39 is 0 Å². The summed E-state index contributed by atoms with van der Waals surface area (Å²) >= 11 is 0. The van der Waals surface area contributed by atoms with E-state index in [1.165, 1.54) is 12.1 Å². The van der Waals surface area contributed by atoms with Gasteiger partial charge in [0.1, 0.15) is 5.82 Å². The van der Waals surface area contributed by atoms with Crippen molar-refractivity contribution in [3.8, 4) is 0 Å². The lowest BCUT2D eigenvalue weighted by molar-refractivity contribution is 0.292. The van der Waals surface area contributed by atoms with Gasteiger partial charge in [-0.3, -0.25) is 0 Å². The maximum absolute atomic E-state index is 12.6. The van der Waals surface area contributed by atoms with Crippen LogP contribution in [0.25, 0.3) is 0 Å². The van der Waals surface area contributed by atoms with E-state index >= 15 is 0 Å². The number of benzene rings is 1. The van der Waals surface area contributed by atoms with Crippen LogP contribution in [-0.4, -0.2) is 18.3 Å². The second kappa shape index (κ2) is 4.79. The third-order valence-electron chi connectivity index (χ3n) is 1.71. The van der Waals surface area contributed by atoms with E-state index in [4.69, 9.17) is 10.8 Å². The van der Waals surface area contributed by atoms with Crippen molar-refractivity contribution in [2.75, 3.05) is 18.9 Å². The maximum atomic E-state index is 12.6. The predicted molar refractivity (Wildman–Crippen MR) is 49.6 cm³/mol. The van der Waals surface area contributed by atoms with E-state index in [2.05, 4.69) is 5.32 Å². The molecular formula is C9H13FN2O. The van der Waals surface area contributed by atoms with Gasteiger partial charge in [-0.25, -0.2) is 4.39 Å². The molecule has 0 bridgehead atoms. The molecule has 0 aliphatic rings. The van der Waals surface area contributed by atoms with Gasteiger partial charge in [0.05, 0.1) is 6.61 Å². The lowest BCUT2D eigenvalue weighted by atomic mass is 10.2. The molecule has 1 aromatic carbocycles. The van der Waals surface area contributed by atoms with Crippen molar-refractivity contribution >= 4 is 5.69 Å². The third kappa shape index (κ3) is 3.01. The molecule has 72 valence electrons. The summed E-state index contributed by atoms with van der Waals surface area (Å²) in [5.74, 6) is -0.330. The van der Waals surface area contributed by atoms with Gasteiger partial charge in [0.15, 0.2) is 0 Å². The molecule has 3 nitrogen and oxygen atoms in total. The molecular weight excluding hydrogens is 171 g/mol. The molecule has 4 N–H and O–H groups in total. The van der Waals surface area contributed by atoms with Crippen molar-refractivity contribution < 1.29 is 9.50 Å². The van der Waals surface area contributed by atoms with Crippen LogP contribution in [0.4, 0.5) is 10.1 Å². The molecule has 0 aliphatic carbocycles. The van der Waals surface area contributed by atoms with Crippen LogP contribution in [0.15, 0.2) is 18.2 Å². The normalized spacial score (nSPS) is 10.3. The quantitative estimate of drug-likeness (QED) is 0.471. The summed E-state index contributed by atoms with van der Waals surface area (Å²) in [6, 6.07) is 4.29. The Morgan fingerprint density at radius 1 is 1.46 bits per heavy atom. The van der Waals surface area contributed by atoms with Crippen LogP contribution in [-0.2, 0) is 6.54 Å². The number of nitrogens with one attached hydrogen (secondary N) is 1. The Morgan fingerprint density at radius 3 is 2.85 bits per heavy atom. The predicted octanol–water partition coefficient (Wildman–Crippen LogP) is 0.490. The summed E-state index contributed by atoms with van der Waals surface area (Å²) in [5, 5.41) is 11.5. The van der Waals surface area contributed by atoms with E-state index in [0.717, 1.165) is 5.56 Å². The zero-order valence-electron chi connectivity index (χ0n) is 7.26. The summed E-state index contributed by atoms with van der Waals surface area (Å²) in [6.07, 6.45) is 0. The minimum atomic E-state index is -0.330. The molecule has 0 saturated heterocycles. The van der Waals surface area contributed by atoms with Gasteiger partial charge >= 0.3 is 0 Å². The molecule has 1 rings (SSSR count). The highest BCUT2D eigenvalue weighted by atomic mass is 19.1. The first-order valence-electron chi connectivity index (χ1n) is 4.09. The molecule has 13 heavy (non-hydrogen) atoms. The minimum absolute atomic E-state index is 0.0844. The number of nitrogen functional groups attached to an aromatic ring is 1. The van der Waals surface area contributed by atoms with Gasteiger partial charge < -0.3 is 16.2 Å². The second-order valence-electron chi connectivity index (χ2n) is 2.74. The zero-order chi connectivity index (χ0) is 9.68. The van der Waals surface area contributed by atoms with Gasteiger partial charge in [-0.1, -0.05) is 6.07 Å². The van der Waals surface area contributed by atoms with Crippen molar-refractivity contribution in [1.29, 1.82) is 0 Å². The van der Waals surface area contributed by atoms with Gasteiger partial charge in [0.25, 0.3) is 0 Å².